The van der Waals surface area contributed by atoms with Gasteiger partial charge in [0.2, 0.25) is 5.91 Å². The van der Waals surface area contributed by atoms with Crippen LogP contribution >= 0.6 is 0 Å². The van der Waals surface area contributed by atoms with Crippen LogP contribution in [0.3, 0.4) is 0 Å². The summed E-state index contributed by atoms with van der Waals surface area (Å²) in [5.74, 6) is -1.01. The van der Waals surface area contributed by atoms with Crippen molar-refractivity contribution in [1.29, 1.82) is 0 Å². The van der Waals surface area contributed by atoms with Crippen LogP contribution in [0.25, 0.3) is 0 Å². The average molecular weight is 283 g/mol. The molecule has 0 spiro atoms. The fourth-order valence-corrected chi connectivity index (χ4v) is 1.55. The van der Waals surface area contributed by atoms with E-state index in [4.69, 9.17) is 4.74 Å². The predicted molar refractivity (Wildman–Crippen MR) is 70.7 cm³/mol. The van der Waals surface area contributed by atoms with E-state index in [1.807, 2.05) is 0 Å². The second-order valence-electron chi connectivity index (χ2n) is 4.28. The second-order valence-corrected chi connectivity index (χ2v) is 4.28. The number of amides is 1. The molecular weight excluding hydrogens is 265 g/mol. The van der Waals surface area contributed by atoms with Crippen LogP contribution in [-0.2, 0) is 14.3 Å². The maximum atomic E-state index is 13.2. The molecule has 6 heteroatoms. The Balaban J connectivity index is 2.27. The fourth-order valence-electron chi connectivity index (χ4n) is 1.55. The molecule has 0 aliphatic heterocycles. The molecule has 0 bridgehead atoms. The Hall–Kier alpha value is -2.11. The molecule has 1 unspecified atom stereocenters. The zero-order valence-corrected chi connectivity index (χ0v) is 11.5. The largest absolute Gasteiger partial charge is 0.490 e. The lowest BCUT2D eigenvalue weighted by Gasteiger charge is -2.13. The van der Waals surface area contributed by atoms with Crippen molar-refractivity contribution in [2.24, 2.45) is 0 Å². The summed E-state index contributed by atoms with van der Waals surface area (Å²) in [5, 5.41) is 2.63. The highest BCUT2D eigenvalue weighted by Gasteiger charge is 2.12. The minimum atomic E-state index is -0.466. The Kier molecular flexibility index (Phi) is 6.49. The van der Waals surface area contributed by atoms with Crippen molar-refractivity contribution in [2.75, 3.05) is 13.7 Å². The maximum absolute atomic E-state index is 13.2. The van der Waals surface area contributed by atoms with E-state index in [9.17, 15) is 14.0 Å². The number of ether oxygens (including phenoxy) is 2. The summed E-state index contributed by atoms with van der Waals surface area (Å²) in [7, 11) is 1.29. The van der Waals surface area contributed by atoms with Crippen molar-refractivity contribution in [2.45, 2.75) is 25.8 Å². The zero-order valence-electron chi connectivity index (χ0n) is 11.5. The lowest BCUT2D eigenvalue weighted by Crippen LogP contribution is -2.35. The topological polar surface area (TPSA) is 64.6 Å². The molecule has 0 aliphatic rings. The van der Waals surface area contributed by atoms with Gasteiger partial charge < -0.3 is 14.8 Å². The Morgan fingerprint density at radius 2 is 2.05 bits per heavy atom. The van der Waals surface area contributed by atoms with E-state index in [0.717, 1.165) is 0 Å². The number of halogens is 1. The van der Waals surface area contributed by atoms with Gasteiger partial charge >= 0.3 is 5.97 Å². The first-order valence-electron chi connectivity index (χ1n) is 6.26. The molecule has 1 aromatic rings. The van der Waals surface area contributed by atoms with Crippen molar-refractivity contribution >= 4 is 11.9 Å². The van der Waals surface area contributed by atoms with E-state index in [-0.39, 0.29) is 43.1 Å². The molecule has 0 aliphatic carbocycles. The molecule has 1 aromatic carbocycles. The normalized spacial score (nSPS) is 11.6. The molecule has 20 heavy (non-hydrogen) atoms. The Morgan fingerprint density at radius 3 is 2.70 bits per heavy atom. The molecule has 0 radical (unpaired) electrons. The van der Waals surface area contributed by atoms with Crippen LogP contribution in [0.1, 0.15) is 19.8 Å². The zero-order chi connectivity index (χ0) is 15.0. The molecule has 0 aromatic heterocycles. The number of carbonyl (C=O) groups excluding carboxylic acids is 2. The van der Waals surface area contributed by atoms with Gasteiger partial charge in [0.1, 0.15) is 0 Å². The van der Waals surface area contributed by atoms with Gasteiger partial charge in [0, 0.05) is 6.04 Å². The number of methoxy groups -OCH3 is 1. The van der Waals surface area contributed by atoms with Gasteiger partial charge in [-0.15, -0.1) is 0 Å². The number of nitrogens with one attached hydrogen (secondary N) is 1. The minimum Gasteiger partial charge on any atom is -0.490 e. The Labute approximate surface area is 117 Å². The summed E-state index contributed by atoms with van der Waals surface area (Å²) in [6.45, 7) is 1.77. The van der Waals surface area contributed by atoms with Crippen molar-refractivity contribution < 1.29 is 23.5 Å². The molecule has 0 heterocycles. The molecule has 1 amide bonds. The van der Waals surface area contributed by atoms with Gasteiger partial charge in [-0.25, -0.2) is 4.39 Å². The van der Waals surface area contributed by atoms with Crippen LogP contribution in [-0.4, -0.2) is 31.6 Å². The second kappa shape index (κ2) is 8.14. The third kappa shape index (κ3) is 5.69. The highest BCUT2D eigenvalue weighted by molar-refractivity contribution is 5.77. The number of esters is 1. The van der Waals surface area contributed by atoms with Gasteiger partial charge in [-0.3, -0.25) is 9.59 Å². The van der Waals surface area contributed by atoms with Crippen LogP contribution in [0, 0.1) is 5.82 Å². The van der Waals surface area contributed by atoms with Crippen LogP contribution < -0.4 is 10.1 Å². The Morgan fingerprint density at radius 1 is 1.35 bits per heavy atom. The summed E-state index contributed by atoms with van der Waals surface area (Å²) in [4.78, 5) is 22.6. The number of carbonyl (C=O) groups is 2. The number of hydrogen-bond acceptors (Lipinski definition) is 4. The lowest BCUT2D eigenvalue weighted by molar-refractivity contribution is -0.141. The summed E-state index contributed by atoms with van der Waals surface area (Å²) >= 11 is 0. The predicted octanol–water partition coefficient (Wildman–Crippen LogP) is 1.66. The van der Waals surface area contributed by atoms with E-state index in [2.05, 4.69) is 10.1 Å². The van der Waals surface area contributed by atoms with Crippen LogP contribution in [0.2, 0.25) is 0 Å². The summed E-state index contributed by atoms with van der Waals surface area (Å²) < 4.78 is 22.9. The SMILES string of the molecule is COC(=O)CC(C)NC(=O)CCOc1ccccc1F. The number of para-hydroxylation sites is 1. The summed E-state index contributed by atoms with van der Waals surface area (Å²) in [5.41, 5.74) is 0. The third-order valence-electron chi connectivity index (χ3n) is 2.53. The molecule has 110 valence electrons. The summed E-state index contributed by atoms with van der Waals surface area (Å²) in [6.07, 6.45) is 0.191. The van der Waals surface area contributed by atoms with Gasteiger partial charge in [-0.1, -0.05) is 12.1 Å². The first kappa shape index (κ1) is 15.9. The number of benzene rings is 1. The maximum Gasteiger partial charge on any atom is 0.307 e. The molecule has 5 nitrogen and oxygen atoms in total. The van der Waals surface area contributed by atoms with Gasteiger partial charge in [0.05, 0.1) is 26.6 Å². The Bertz CT molecular complexity index is 464. The van der Waals surface area contributed by atoms with Gasteiger partial charge in [-0.2, -0.15) is 0 Å². The average Bonchev–Trinajstić information content (AvgIpc) is 2.40. The molecular formula is C14H18FNO4. The first-order valence-corrected chi connectivity index (χ1v) is 6.26. The van der Waals surface area contributed by atoms with E-state index < -0.39 is 5.82 Å². The molecule has 0 saturated carbocycles. The first-order chi connectivity index (χ1) is 9.52. The smallest absolute Gasteiger partial charge is 0.307 e. The van der Waals surface area contributed by atoms with Crippen LogP contribution in [0.15, 0.2) is 24.3 Å². The molecule has 1 N–H and O–H groups in total. The molecule has 1 atom stereocenters. The van der Waals surface area contributed by atoms with Gasteiger partial charge in [0.15, 0.2) is 11.6 Å². The molecule has 1 rings (SSSR count). The molecule has 0 fully saturated rings. The van der Waals surface area contributed by atoms with Crippen molar-refractivity contribution in [3.8, 4) is 5.75 Å². The quantitative estimate of drug-likeness (QED) is 0.773. The van der Waals surface area contributed by atoms with Gasteiger partial charge in [0.25, 0.3) is 0 Å². The standard InChI is InChI=1S/C14H18FNO4/c1-10(9-14(18)19-2)16-13(17)7-8-20-12-6-4-3-5-11(12)15/h3-6,10H,7-9H2,1-2H3,(H,16,17). The van der Waals surface area contributed by atoms with E-state index >= 15 is 0 Å². The minimum absolute atomic E-state index is 0.0672. The van der Waals surface area contributed by atoms with Crippen molar-refractivity contribution in [1.82, 2.24) is 5.32 Å². The van der Waals surface area contributed by atoms with Crippen molar-refractivity contribution in [3.05, 3.63) is 30.1 Å². The van der Waals surface area contributed by atoms with E-state index in [1.54, 1.807) is 19.1 Å². The van der Waals surface area contributed by atoms with Gasteiger partial charge in [-0.05, 0) is 19.1 Å². The summed E-state index contributed by atoms with van der Waals surface area (Å²) in [6, 6.07) is 5.67. The molecule has 0 saturated heterocycles. The van der Waals surface area contributed by atoms with Crippen LogP contribution in [0.4, 0.5) is 4.39 Å². The lowest BCUT2D eigenvalue weighted by atomic mass is 10.2. The van der Waals surface area contributed by atoms with Crippen molar-refractivity contribution in [3.63, 3.8) is 0 Å². The number of rotatable bonds is 7. The van der Waals surface area contributed by atoms with E-state index in [0.29, 0.717) is 0 Å². The van der Waals surface area contributed by atoms with E-state index in [1.165, 1.54) is 19.2 Å². The highest BCUT2D eigenvalue weighted by atomic mass is 19.1. The van der Waals surface area contributed by atoms with Crippen LogP contribution in [0.5, 0.6) is 5.75 Å². The third-order valence-corrected chi connectivity index (χ3v) is 2.53. The number of hydrogen-bond donors (Lipinski definition) is 1. The highest BCUT2D eigenvalue weighted by Crippen LogP contribution is 2.15. The fraction of sp³-hybridized carbons (Fsp3) is 0.429. The monoisotopic (exact) mass is 283 g/mol.